The molecule has 0 unspecified atom stereocenters. The van der Waals surface area contributed by atoms with Crippen LogP contribution in [-0.4, -0.2) is 9.78 Å². The van der Waals surface area contributed by atoms with Crippen molar-refractivity contribution in [3.05, 3.63) is 21.6 Å². The molecule has 0 radical (unpaired) electrons. The molecule has 1 aromatic heterocycles. The first-order valence-corrected chi connectivity index (χ1v) is 4.63. The lowest BCUT2D eigenvalue weighted by Gasteiger charge is -2.07. The molecule has 0 saturated carbocycles. The number of aromatic nitrogens is 2. The summed E-state index contributed by atoms with van der Waals surface area (Å²) in [6.45, 7) is 2.75. The summed E-state index contributed by atoms with van der Waals surface area (Å²) in [5.74, 6) is 0. The molecule has 3 nitrogen and oxygen atoms in total. The van der Waals surface area contributed by atoms with E-state index in [4.69, 9.17) is 0 Å². The second-order valence-corrected chi connectivity index (χ2v) is 3.33. The van der Waals surface area contributed by atoms with Crippen LogP contribution in [0.25, 0.3) is 0 Å². The second-order valence-electron chi connectivity index (χ2n) is 3.33. The van der Waals surface area contributed by atoms with Gasteiger partial charge in [0.05, 0.1) is 0 Å². The molecule has 1 aromatic rings. The molecule has 0 saturated heterocycles. The van der Waals surface area contributed by atoms with E-state index >= 15 is 0 Å². The fourth-order valence-corrected chi connectivity index (χ4v) is 1.86. The first kappa shape index (κ1) is 7.65. The van der Waals surface area contributed by atoms with Crippen molar-refractivity contribution in [1.29, 1.82) is 0 Å². The Morgan fingerprint density at radius 3 is 2.83 bits per heavy atom. The van der Waals surface area contributed by atoms with Crippen LogP contribution in [-0.2, 0) is 19.4 Å². The van der Waals surface area contributed by atoms with E-state index in [0.29, 0.717) is 0 Å². The highest BCUT2D eigenvalue weighted by molar-refractivity contribution is 5.19. The molecule has 0 fully saturated rings. The van der Waals surface area contributed by atoms with Gasteiger partial charge in [-0.3, -0.25) is 14.6 Å². The second kappa shape index (κ2) is 2.81. The molecule has 1 aliphatic rings. The maximum absolute atomic E-state index is 11.6. The van der Waals surface area contributed by atoms with Crippen LogP contribution in [0.15, 0.2) is 4.79 Å². The van der Waals surface area contributed by atoms with Crippen LogP contribution in [0, 0.1) is 0 Å². The largest absolute Gasteiger partial charge is 0.299 e. The molecule has 0 atom stereocenters. The molecule has 2 rings (SSSR count). The Morgan fingerprint density at radius 2 is 2.17 bits per heavy atom. The van der Waals surface area contributed by atoms with E-state index in [1.54, 1.807) is 4.68 Å². The summed E-state index contributed by atoms with van der Waals surface area (Å²) in [6, 6.07) is 0. The van der Waals surface area contributed by atoms with Gasteiger partial charge in [-0.25, -0.2) is 0 Å². The summed E-state index contributed by atoms with van der Waals surface area (Å²) in [6.07, 6.45) is 4.41. The minimum Gasteiger partial charge on any atom is -0.299 e. The van der Waals surface area contributed by atoms with Crippen LogP contribution < -0.4 is 5.56 Å². The summed E-state index contributed by atoms with van der Waals surface area (Å²) in [5, 5.41) is 3.16. The zero-order valence-corrected chi connectivity index (χ0v) is 7.39. The number of aromatic amines is 1. The summed E-state index contributed by atoms with van der Waals surface area (Å²) >= 11 is 0. The standard InChI is InChI=1S/C9H14N2O/c1-2-11-9(12)7-5-3-4-6-8(7)10-11/h10H,2-6H2,1H3. The van der Waals surface area contributed by atoms with Gasteiger partial charge in [0.1, 0.15) is 0 Å². The van der Waals surface area contributed by atoms with Crippen molar-refractivity contribution in [1.82, 2.24) is 9.78 Å². The van der Waals surface area contributed by atoms with Gasteiger partial charge in [0.25, 0.3) is 5.56 Å². The van der Waals surface area contributed by atoms with E-state index in [1.807, 2.05) is 6.92 Å². The molecule has 66 valence electrons. The zero-order chi connectivity index (χ0) is 8.55. The molecule has 0 aliphatic heterocycles. The van der Waals surface area contributed by atoms with E-state index in [-0.39, 0.29) is 5.56 Å². The molecule has 1 heterocycles. The average molecular weight is 166 g/mol. The Hall–Kier alpha value is -0.990. The topological polar surface area (TPSA) is 37.8 Å². The van der Waals surface area contributed by atoms with E-state index in [9.17, 15) is 4.79 Å². The molecule has 3 heteroatoms. The van der Waals surface area contributed by atoms with Gasteiger partial charge in [-0.05, 0) is 32.6 Å². The lowest BCUT2D eigenvalue weighted by atomic mass is 9.98. The monoisotopic (exact) mass is 166 g/mol. The van der Waals surface area contributed by atoms with Gasteiger partial charge < -0.3 is 0 Å². The third kappa shape index (κ3) is 1.00. The fourth-order valence-electron chi connectivity index (χ4n) is 1.86. The summed E-state index contributed by atoms with van der Waals surface area (Å²) in [4.78, 5) is 11.6. The number of fused-ring (bicyclic) bond motifs is 1. The highest BCUT2D eigenvalue weighted by Gasteiger charge is 2.16. The number of hydrogen-bond donors (Lipinski definition) is 1. The number of rotatable bonds is 1. The third-order valence-electron chi connectivity index (χ3n) is 2.56. The van der Waals surface area contributed by atoms with Gasteiger partial charge in [0, 0.05) is 17.8 Å². The van der Waals surface area contributed by atoms with Gasteiger partial charge in [-0.1, -0.05) is 0 Å². The predicted molar refractivity (Wildman–Crippen MR) is 47.4 cm³/mol. The van der Waals surface area contributed by atoms with E-state index in [2.05, 4.69) is 5.10 Å². The van der Waals surface area contributed by atoms with Crippen molar-refractivity contribution in [3.63, 3.8) is 0 Å². The molecule has 0 aromatic carbocycles. The predicted octanol–water partition coefficient (Wildman–Crippen LogP) is 1.08. The smallest absolute Gasteiger partial charge is 0.269 e. The van der Waals surface area contributed by atoms with Gasteiger partial charge in [-0.15, -0.1) is 0 Å². The van der Waals surface area contributed by atoms with Crippen LogP contribution in [0.3, 0.4) is 0 Å². The molecule has 1 N–H and O–H groups in total. The number of nitrogens with one attached hydrogen (secondary N) is 1. The molecular formula is C9H14N2O. The van der Waals surface area contributed by atoms with Crippen LogP contribution in [0.5, 0.6) is 0 Å². The van der Waals surface area contributed by atoms with Crippen LogP contribution in [0.1, 0.15) is 31.0 Å². The molecule has 12 heavy (non-hydrogen) atoms. The minimum atomic E-state index is 0.201. The van der Waals surface area contributed by atoms with Crippen molar-refractivity contribution >= 4 is 0 Å². The fraction of sp³-hybridized carbons (Fsp3) is 0.667. The molecule has 0 amide bonds. The summed E-state index contributed by atoms with van der Waals surface area (Å²) in [7, 11) is 0. The Morgan fingerprint density at radius 1 is 1.42 bits per heavy atom. The SMILES string of the molecule is CCn1[nH]c2c(c1=O)CCCC2. The first-order valence-electron chi connectivity index (χ1n) is 4.63. The maximum Gasteiger partial charge on any atom is 0.269 e. The van der Waals surface area contributed by atoms with Crippen molar-refractivity contribution in [2.75, 3.05) is 0 Å². The minimum absolute atomic E-state index is 0.201. The highest BCUT2D eigenvalue weighted by atomic mass is 16.1. The summed E-state index contributed by atoms with van der Waals surface area (Å²) < 4.78 is 1.70. The Kier molecular flexibility index (Phi) is 1.79. The normalized spacial score (nSPS) is 16.1. The average Bonchev–Trinajstić information content (AvgIpc) is 2.44. The van der Waals surface area contributed by atoms with E-state index in [1.165, 1.54) is 18.5 Å². The summed E-state index contributed by atoms with van der Waals surface area (Å²) in [5.41, 5.74) is 2.41. The highest BCUT2D eigenvalue weighted by Crippen LogP contribution is 2.15. The van der Waals surface area contributed by atoms with Crippen molar-refractivity contribution < 1.29 is 0 Å². The van der Waals surface area contributed by atoms with Crippen LogP contribution >= 0.6 is 0 Å². The van der Waals surface area contributed by atoms with Crippen molar-refractivity contribution in [2.45, 2.75) is 39.2 Å². The van der Waals surface area contributed by atoms with Gasteiger partial charge >= 0.3 is 0 Å². The molecular weight excluding hydrogens is 152 g/mol. The third-order valence-corrected chi connectivity index (χ3v) is 2.56. The Balaban J connectivity index is 2.52. The van der Waals surface area contributed by atoms with Crippen LogP contribution in [0.4, 0.5) is 0 Å². The lowest BCUT2D eigenvalue weighted by Crippen LogP contribution is -2.18. The lowest BCUT2D eigenvalue weighted by molar-refractivity contribution is 0.621. The number of H-pyrrole nitrogens is 1. The Labute approximate surface area is 71.4 Å². The van der Waals surface area contributed by atoms with E-state index < -0.39 is 0 Å². The zero-order valence-electron chi connectivity index (χ0n) is 7.39. The van der Waals surface area contributed by atoms with Crippen LogP contribution in [0.2, 0.25) is 0 Å². The quantitative estimate of drug-likeness (QED) is 0.666. The first-order chi connectivity index (χ1) is 5.83. The van der Waals surface area contributed by atoms with Gasteiger partial charge in [-0.2, -0.15) is 0 Å². The molecule has 0 spiro atoms. The molecule has 0 bridgehead atoms. The van der Waals surface area contributed by atoms with Gasteiger partial charge in [0.15, 0.2) is 0 Å². The Bertz CT molecular complexity index is 335. The van der Waals surface area contributed by atoms with Crippen molar-refractivity contribution in [3.8, 4) is 0 Å². The number of nitrogens with zero attached hydrogens (tertiary/aromatic N) is 1. The molecule has 1 aliphatic carbocycles. The maximum atomic E-state index is 11.6. The van der Waals surface area contributed by atoms with Gasteiger partial charge in [0.2, 0.25) is 0 Å². The number of aryl methyl sites for hydroxylation is 2. The van der Waals surface area contributed by atoms with E-state index in [0.717, 1.165) is 24.9 Å². The van der Waals surface area contributed by atoms with Crippen molar-refractivity contribution in [2.24, 2.45) is 0 Å². The number of hydrogen-bond acceptors (Lipinski definition) is 1.